The van der Waals surface area contributed by atoms with Crippen molar-refractivity contribution in [1.82, 2.24) is 9.97 Å². The minimum absolute atomic E-state index is 0.870. The van der Waals surface area contributed by atoms with E-state index in [9.17, 15) is 0 Å². The van der Waals surface area contributed by atoms with E-state index in [4.69, 9.17) is 4.74 Å². The van der Waals surface area contributed by atoms with Crippen molar-refractivity contribution in [2.45, 2.75) is 6.92 Å². The number of hydrogen-bond acceptors (Lipinski definition) is 2. The number of benzene rings is 1. The highest BCUT2D eigenvalue weighted by atomic mass is 16.5. The minimum atomic E-state index is 0.870. The van der Waals surface area contributed by atoms with Gasteiger partial charge >= 0.3 is 0 Å². The van der Waals surface area contributed by atoms with Crippen LogP contribution in [0, 0.1) is 6.92 Å². The fourth-order valence-corrected chi connectivity index (χ4v) is 2.28. The minimum Gasteiger partial charge on any atom is -0.497 e. The molecule has 1 N–H and O–H groups in total. The van der Waals surface area contributed by atoms with Gasteiger partial charge in [-0.05, 0) is 36.8 Å². The molecule has 0 bridgehead atoms. The molecule has 0 unspecified atom stereocenters. The van der Waals surface area contributed by atoms with Crippen molar-refractivity contribution >= 4 is 11.0 Å². The quantitative estimate of drug-likeness (QED) is 0.741. The number of pyridine rings is 1. The van der Waals surface area contributed by atoms with Crippen molar-refractivity contribution in [3.05, 3.63) is 48.3 Å². The number of ether oxygens (including phenoxy) is 1. The van der Waals surface area contributed by atoms with Crippen LogP contribution >= 0.6 is 0 Å². The zero-order valence-electron chi connectivity index (χ0n) is 10.4. The van der Waals surface area contributed by atoms with E-state index >= 15 is 0 Å². The topological polar surface area (TPSA) is 37.9 Å². The largest absolute Gasteiger partial charge is 0.497 e. The summed E-state index contributed by atoms with van der Waals surface area (Å²) >= 11 is 0. The smallest absolute Gasteiger partial charge is 0.138 e. The van der Waals surface area contributed by atoms with Gasteiger partial charge in [0.1, 0.15) is 11.4 Å². The SMILES string of the molecule is COc1ccc(-c2c(C)[nH]c3ncccc23)cc1. The summed E-state index contributed by atoms with van der Waals surface area (Å²) < 4.78 is 5.18. The molecule has 0 spiro atoms. The van der Waals surface area contributed by atoms with E-state index in [1.807, 2.05) is 18.2 Å². The molecule has 0 saturated heterocycles. The van der Waals surface area contributed by atoms with Gasteiger partial charge in [0, 0.05) is 22.8 Å². The van der Waals surface area contributed by atoms with E-state index in [0.717, 1.165) is 22.5 Å². The number of aromatic nitrogens is 2. The van der Waals surface area contributed by atoms with Gasteiger partial charge in [0.25, 0.3) is 0 Å². The molecule has 3 nitrogen and oxygen atoms in total. The lowest BCUT2D eigenvalue weighted by atomic mass is 10.0. The fourth-order valence-electron chi connectivity index (χ4n) is 2.28. The van der Waals surface area contributed by atoms with Crippen molar-refractivity contribution in [3.8, 4) is 16.9 Å². The molecule has 90 valence electrons. The van der Waals surface area contributed by atoms with Crippen LogP contribution in [0.2, 0.25) is 0 Å². The number of aryl methyl sites for hydroxylation is 1. The van der Waals surface area contributed by atoms with E-state index < -0.39 is 0 Å². The lowest BCUT2D eigenvalue weighted by Crippen LogP contribution is -1.83. The van der Waals surface area contributed by atoms with Crippen molar-refractivity contribution < 1.29 is 4.74 Å². The molecule has 3 rings (SSSR count). The number of hydrogen-bond donors (Lipinski definition) is 1. The van der Waals surface area contributed by atoms with E-state index in [-0.39, 0.29) is 0 Å². The zero-order valence-corrected chi connectivity index (χ0v) is 10.4. The number of nitrogens with zero attached hydrogens (tertiary/aromatic N) is 1. The molecule has 3 aromatic rings. The maximum atomic E-state index is 5.18. The van der Waals surface area contributed by atoms with Crippen LogP contribution in [0.5, 0.6) is 5.75 Å². The average Bonchev–Trinajstić information content (AvgIpc) is 2.75. The Bertz CT molecular complexity index is 683. The molecular formula is C15H14N2O. The summed E-state index contributed by atoms with van der Waals surface area (Å²) in [5, 5.41) is 1.15. The summed E-state index contributed by atoms with van der Waals surface area (Å²) in [7, 11) is 1.68. The first-order valence-corrected chi connectivity index (χ1v) is 5.87. The standard InChI is InChI=1S/C15H14N2O/c1-10-14(11-5-7-12(18-2)8-6-11)13-4-3-9-16-15(13)17-10/h3-9H,1-2H3,(H,16,17). The maximum Gasteiger partial charge on any atom is 0.138 e. The van der Waals surface area contributed by atoms with Crippen LogP contribution in [0.4, 0.5) is 0 Å². The van der Waals surface area contributed by atoms with Crippen LogP contribution in [0.1, 0.15) is 5.69 Å². The number of H-pyrrole nitrogens is 1. The third-order valence-corrected chi connectivity index (χ3v) is 3.14. The molecule has 0 aliphatic carbocycles. The molecule has 0 fully saturated rings. The fraction of sp³-hybridized carbons (Fsp3) is 0.133. The van der Waals surface area contributed by atoms with Crippen molar-refractivity contribution in [3.63, 3.8) is 0 Å². The Balaban J connectivity index is 2.20. The Morgan fingerprint density at radius 3 is 2.61 bits per heavy atom. The first-order chi connectivity index (χ1) is 8.79. The number of rotatable bonds is 2. The van der Waals surface area contributed by atoms with E-state index in [2.05, 4.69) is 35.1 Å². The van der Waals surface area contributed by atoms with Crippen LogP contribution in [0.15, 0.2) is 42.6 Å². The molecule has 0 saturated carbocycles. The Hall–Kier alpha value is -2.29. The molecule has 18 heavy (non-hydrogen) atoms. The maximum absolute atomic E-state index is 5.18. The van der Waals surface area contributed by atoms with Gasteiger partial charge in [0.2, 0.25) is 0 Å². The Morgan fingerprint density at radius 1 is 1.11 bits per heavy atom. The van der Waals surface area contributed by atoms with Gasteiger partial charge in [-0.15, -0.1) is 0 Å². The summed E-state index contributed by atoms with van der Waals surface area (Å²) in [6.45, 7) is 2.07. The second kappa shape index (κ2) is 4.18. The highest BCUT2D eigenvalue weighted by molar-refractivity contribution is 5.95. The molecule has 0 radical (unpaired) electrons. The second-order valence-electron chi connectivity index (χ2n) is 4.25. The van der Waals surface area contributed by atoms with Gasteiger partial charge in [-0.2, -0.15) is 0 Å². The Labute approximate surface area is 105 Å². The average molecular weight is 238 g/mol. The monoisotopic (exact) mass is 238 g/mol. The summed E-state index contributed by atoms with van der Waals surface area (Å²) in [5.74, 6) is 0.870. The Kier molecular flexibility index (Phi) is 2.52. The van der Waals surface area contributed by atoms with Crippen molar-refractivity contribution in [1.29, 1.82) is 0 Å². The zero-order chi connectivity index (χ0) is 12.5. The molecule has 0 aliphatic heterocycles. The predicted molar refractivity (Wildman–Crippen MR) is 72.8 cm³/mol. The molecule has 0 atom stereocenters. The van der Waals surface area contributed by atoms with Gasteiger partial charge in [0.15, 0.2) is 0 Å². The van der Waals surface area contributed by atoms with Crippen LogP contribution < -0.4 is 4.74 Å². The van der Waals surface area contributed by atoms with Crippen LogP contribution in [-0.2, 0) is 0 Å². The molecule has 3 heteroatoms. The predicted octanol–water partition coefficient (Wildman–Crippen LogP) is 3.55. The molecule has 1 aromatic carbocycles. The Morgan fingerprint density at radius 2 is 1.89 bits per heavy atom. The van der Waals surface area contributed by atoms with Crippen LogP contribution in [0.3, 0.4) is 0 Å². The van der Waals surface area contributed by atoms with Crippen LogP contribution in [0.25, 0.3) is 22.2 Å². The summed E-state index contributed by atoms with van der Waals surface area (Å²) in [4.78, 5) is 7.65. The highest BCUT2D eigenvalue weighted by Gasteiger charge is 2.10. The summed E-state index contributed by atoms with van der Waals surface area (Å²) in [6.07, 6.45) is 1.80. The normalized spacial score (nSPS) is 10.8. The molecular weight excluding hydrogens is 224 g/mol. The summed E-state index contributed by atoms with van der Waals surface area (Å²) in [5.41, 5.74) is 4.45. The highest BCUT2D eigenvalue weighted by Crippen LogP contribution is 2.31. The van der Waals surface area contributed by atoms with Gasteiger partial charge in [-0.1, -0.05) is 12.1 Å². The third-order valence-electron chi connectivity index (χ3n) is 3.14. The summed E-state index contributed by atoms with van der Waals surface area (Å²) in [6, 6.07) is 12.1. The van der Waals surface area contributed by atoms with Crippen LogP contribution in [-0.4, -0.2) is 17.1 Å². The first-order valence-electron chi connectivity index (χ1n) is 5.87. The van der Waals surface area contributed by atoms with Gasteiger partial charge in [-0.3, -0.25) is 0 Å². The van der Waals surface area contributed by atoms with Crippen molar-refractivity contribution in [2.24, 2.45) is 0 Å². The van der Waals surface area contributed by atoms with Gasteiger partial charge < -0.3 is 9.72 Å². The molecule has 0 amide bonds. The lowest BCUT2D eigenvalue weighted by Gasteiger charge is -2.04. The molecule has 2 aromatic heterocycles. The number of aromatic amines is 1. The number of methoxy groups -OCH3 is 1. The van der Waals surface area contributed by atoms with E-state index in [0.29, 0.717) is 0 Å². The lowest BCUT2D eigenvalue weighted by molar-refractivity contribution is 0.415. The van der Waals surface area contributed by atoms with Crippen molar-refractivity contribution in [2.75, 3.05) is 7.11 Å². The first kappa shape index (κ1) is 10.8. The molecule has 0 aliphatic rings. The molecule has 2 heterocycles. The third kappa shape index (κ3) is 1.64. The van der Waals surface area contributed by atoms with Gasteiger partial charge in [0.05, 0.1) is 7.11 Å². The second-order valence-corrected chi connectivity index (χ2v) is 4.25. The number of nitrogens with one attached hydrogen (secondary N) is 1. The number of fused-ring (bicyclic) bond motifs is 1. The van der Waals surface area contributed by atoms with E-state index in [1.165, 1.54) is 11.1 Å². The van der Waals surface area contributed by atoms with Gasteiger partial charge in [-0.25, -0.2) is 4.98 Å². The van der Waals surface area contributed by atoms with E-state index in [1.54, 1.807) is 13.3 Å².